The minimum Gasteiger partial charge on any atom is -0.342 e. The molecule has 1 aliphatic heterocycles. The number of hydrogen-bond donors (Lipinski definition) is 1. The van der Waals surface area contributed by atoms with Crippen LogP contribution >= 0.6 is 11.6 Å². The number of nitrogens with two attached hydrogens (primary N) is 1. The molecule has 0 aromatic heterocycles. The zero-order valence-electron chi connectivity index (χ0n) is 14.0. The van der Waals surface area contributed by atoms with Crippen LogP contribution in [0.3, 0.4) is 0 Å². The van der Waals surface area contributed by atoms with Gasteiger partial charge in [-0.25, -0.2) is 0 Å². The fraction of sp³-hybridized carbons (Fsp3) is 0.611. The van der Waals surface area contributed by atoms with Gasteiger partial charge in [0.05, 0.1) is 0 Å². The lowest BCUT2D eigenvalue weighted by Gasteiger charge is -2.52. The van der Waals surface area contributed by atoms with Crippen LogP contribution in [-0.4, -0.2) is 23.9 Å². The van der Waals surface area contributed by atoms with Crippen LogP contribution in [0, 0.1) is 11.3 Å². The van der Waals surface area contributed by atoms with Crippen molar-refractivity contribution in [2.24, 2.45) is 17.1 Å². The van der Waals surface area contributed by atoms with Crippen LogP contribution in [0.2, 0.25) is 5.02 Å². The topological polar surface area (TPSA) is 46.3 Å². The Bertz CT molecular complexity index is 539. The molecule has 1 unspecified atom stereocenters. The molecule has 0 radical (unpaired) electrons. The monoisotopic (exact) mass is 322 g/mol. The number of carbonyl (C=O) groups excluding carboxylic acids is 1. The van der Waals surface area contributed by atoms with Gasteiger partial charge in [0.15, 0.2) is 0 Å². The lowest BCUT2D eigenvalue weighted by Crippen LogP contribution is -2.61. The second kappa shape index (κ2) is 6.21. The third-order valence-corrected chi connectivity index (χ3v) is 5.12. The third kappa shape index (κ3) is 3.31. The van der Waals surface area contributed by atoms with Gasteiger partial charge in [0.1, 0.15) is 0 Å². The number of halogens is 1. The van der Waals surface area contributed by atoms with Crippen LogP contribution in [0.4, 0.5) is 0 Å². The zero-order chi connectivity index (χ0) is 16.5. The van der Waals surface area contributed by atoms with Gasteiger partial charge in [-0.15, -0.1) is 0 Å². The second-order valence-electron chi connectivity index (χ2n) is 7.53. The maximum Gasteiger partial charge on any atom is 0.222 e. The summed E-state index contributed by atoms with van der Waals surface area (Å²) in [6, 6.07) is 7.79. The Morgan fingerprint density at radius 1 is 1.32 bits per heavy atom. The lowest BCUT2D eigenvalue weighted by molar-refractivity contribution is -0.137. The minimum absolute atomic E-state index is 0.189. The molecular formula is C18H27ClN2O. The Balaban J connectivity index is 2.20. The molecule has 1 aromatic carbocycles. The molecule has 1 aliphatic rings. The molecular weight excluding hydrogens is 296 g/mol. The highest BCUT2D eigenvalue weighted by Crippen LogP contribution is 2.44. The average Bonchev–Trinajstić information content (AvgIpc) is 2.41. The molecule has 0 bridgehead atoms. The van der Waals surface area contributed by atoms with Crippen LogP contribution in [-0.2, 0) is 10.3 Å². The molecule has 0 saturated carbocycles. The Labute approximate surface area is 138 Å². The number of carbonyl (C=O) groups is 1. The number of likely N-dealkylation sites (tertiary alicyclic amines) is 1. The van der Waals surface area contributed by atoms with Crippen LogP contribution in [0.15, 0.2) is 24.3 Å². The Hall–Kier alpha value is -1.06. The number of amides is 1. The number of benzene rings is 1. The van der Waals surface area contributed by atoms with Crippen molar-refractivity contribution in [2.45, 2.75) is 46.1 Å². The molecule has 1 aromatic rings. The summed E-state index contributed by atoms with van der Waals surface area (Å²) in [6.07, 6.45) is 1.38. The summed E-state index contributed by atoms with van der Waals surface area (Å²) in [7, 11) is 0. The fourth-order valence-corrected chi connectivity index (χ4v) is 3.45. The molecule has 22 heavy (non-hydrogen) atoms. The van der Waals surface area contributed by atoms with Crippen molar-refractivity contribution in [3.8, 4) is 0 Å². The van der Waals surface area contributed by atoms with E-state index in [2.05, 4.69) is 27.7 Å². The van der Waals surface area contributed by atoms with Gasteiger partial charge in [0.2, 0.25) is 5.91 Å². The van der Waals surface area contributed by atoms with Crippen molar-refractivity contribution in [3.05, 3.63) is 34.9 Å². The van der Waals surface area contributed by atoms with E-state index in [1.54, 1.807) is 0 Å². The standard InChI is InChI=1S/C18H27ClN2O/c1-13(2)11-16(22)21-10-9-18(20,17(3,4)12-21)14-5-7-15(19)8-6-14/h5-8,13H,9-12,20H2,1-4H3. The quantitative estimate of drug-likeness (QED) is 0.920. The van der Waals surface area contributed by atoms with Gasteiger partial charge in [0.25, 0.3) is 0 Å². The van der Waals surface area contributed by atoms with E-state index in [-0.39, 0.29) is 11.3 Å². The Kier molecular flexibility index (Phi) is 4.88. The van der Waals surface area contributed by atoms with Crippen LogP contribution in [0.1, 0.15) is 46.1 Å². The molecule has 1 saturated heterocycles. The van der Waals surface area contributed by atoms with E-state index in [1.165, 1.54) is 0 Å². The third-order valence-electron chi connectivity index (χ3n) is 4.86. The van der Waals surface area contributed by atoms with Gasteiger partial charge in [-0.1, -0.05) is 51.4 Å². The van der Waals surface area contributed by atoms with Crippen LogP contribution in [0.5, 0.6) is 0 Å². The zero-order valence-corrected chi connectivity index (χ0v) is 14.8. The summed E-state index contributed by atoms with van der Waals surface area (Å²) in [4.78, 5) is 14.3. The molecule has 1 atom stereocenters. The van der Waals surface area contributed by atoms with Gasteiger partial charge in [-0.3, -0.25) is 4.79 Å². The van der Waals surface area contributed by atoms with Crippen molar-refractivity contribution >= 4 is 17.5 Å². The molecule has 2 N–H and O–H groups in total. The average molecular weight is 323 g/mol. The largest absolute Gasteiger partial charge is 0.342 e. The number of rotatable bonds is 3. The highest BCUT2D eigenvalue weighted by Gasteiger charge is 2.48. The first-order chi connectivity index (χ1) is 10.2. The summed E-state index contributed by atoms with van der Waals surface area (Å²) >= 11 is 5.99. The van der Waals surface area contributed by atoms with E-state index in [9.17, 15) is 4.79 Å². The predicted molar refractivity (Wildman–Crippen MR) is 91.8 cm³/mol. The van der Waals surface area contributed by atoms with E-state index in [0.717, 1.165) is 17.0 Å². The molecule has 2 rings (SSSR count). The van der Waals surface area contributed by atoms with Crippen LogP contribution in [0.25, 0.3) is 0 Å². The van der Waals surface area contributed by atoms with Gasteiger partial charge in [0, 0.05) is 35.5 Å². The van der Waals surface area contributed by atoms with Crippen molar-refractivity contribution in [1.82, 2.24) is 4.90 Å². The number of piperidine rings is 1. The second-order valence-corrected chi connectivity index (χ2v) is 7.96. The van der Waals surface area contributed by atoms with Gasteiger partial charge in [-0.05, 0) is 30.0 Å². The lowest BCUT2D eigenvalue weighted by atomic mass is 9.64. The maximum absolute atomic E-state index is 12.4. The summed E-state index contributed by atoms with van der Waals surface area (Å²) in [5.74, 6) is 0.623. The number of hydrogen-bond acceptors (Lipinski definition) is 2. The summed E-state index contributed by atoms with van der Waals surface area (Å²) < 4.78 is 0. The van der Waals surface area contributed by atoms with Crippen LogP contribution < -0.4 is 5.73 Å². The smallest absolute Gasteiger partial charge is 0.222 e. The first-order valence-corrected chi connectivity index (χ1v) is 8.36. The highest BCUT2D eigenvalue weighted by atomic mass is 35.5. The van der Waals surface area contributed by atoms with E-state index < -0.39 is 5.54 Å². The van der Waals surface area contributed by atoms with E-state index >= 15 is 0 Å². The summed E-state index contributed by atoms with van der Waals surface area (Å²) in [5, 5.41) is 0.717. The summed E-state index contributed by atoms with van der Waals surface area (Å²) in [6.45, 7) is 9.86. The molecule has 1 heterocycles. The normalized spacial score (nSPS) is 24.6. The van der Waals surface area contributed by atoms with Gasteiger partial charge in [-0.2, -0.15) is 0 Å². The Morgan fingerprint density at radius 2 is 1.91 bits per heavy atom. The van der Waals surface area contributed by atoms with Crippen molar-refractivity contribution < 1.29 is 4.79 Å². The molecule has 0 spiro atoms. The van der Waals surface area contributed by atoms with E-state index in [0.29, 0.717) is 25.4 Å². The molecule has 0 aliphatic carbocycles. The number of nitrogens with zero attached hydrogens (tertiary/aromatic N) is 1. The van der Waals surface area contributed by atoms with E-state index in [4.69, 9.17) is 17.3 Å². The van der Waals surface area contributed by atoms with Crippen molar-refractivity contribution in [2.75, 3.05) is 13.1 Å². The first kappa shape index (κ1) is 17.3. The van der Waals surface area contributed by atoms with Crippen molar-refractivity contribution in [1.29, 1.82) is 0 Å². The SMILES string of the molecule is CC(C)CC(=O)N1CCC(N)(c2ccc(Cl)cc2)C(C)(C)C1. The Morgan fingerprint density at radius 3 is 2.41 bits per heavy atom. The molecule has 3 nitrogen and oxygen atoms in total. The molecule has 1 fully saturated rings. The minimum atomic E-state index is -0.438. The predicted octanol–water partition coefficient (Wildman–Crippen LogP) is 3.80. The van der Waals surface area contributed by atoms with Gasteiger partial charge >= 0.3 is 0 Å². The van der Waals surface area contributed by atoms with Gasteiger partial charge < -0.3 is 10.6 Å². The van der Waals surface area contributed by atoms with E-state index in [1.807, 2.05) is 29.2 Å². The molecule has 1 amide bonds. The fourth-order valence-electron chi connectivity index (χ4n) is 3.32. The highest BCUT2D eigenvalue weighted by molar-refractivity contribution is 6.30. The van der Waals surface area contributed by atoms with Crippen molar-refractivity contribution in [3.63, 3.8) is 0 Å². The molecule has 4 heteroatoms. The first-order valence-electron chi connectivity index (χ1n) is 7.98. The molecule has 122 valence electrons. The summed E-state index contributed by atoms with van der Waals surface area (Å²) in [5.41, 5.74) is 7.26. The maximum atomic E-state index is 12.4.